The Balaban J connectivity index is 0.00000407. The largest absolute Gasteiger partial charge is 0.330 e. The van der Waals surface area contributed by atoms with Gasteiger partial charge in [-0.1, -0.05) is 82.0 Å². The molecule has 1 aliphatic rings. The SMILES string of the molecule is C=C(C)/C=C\C(=C)N(C=NC)C1CCN(CCC(C)/C=C/C=C\C=C/C)CC1.CC. The van der Waals surface area contributed by atoms with Gasteiger partial charge >= 0.3 is 0 Å². The van der Waals surface area contributed by atoms with Crippen molar-refractivity contribution in [3.05, 3.63) is 73.0 Å². The summed E-state index contributed by atoms with van der Waals surface area (Å²) >= 11 is 0. The van der Waals surface area contributed by atoms with Crippen LogP contribution in [0.5, 0.6) is 0 Å². The van der Waals surface area contributed by atoms with Gasteiger partial charge in [0, 0.05) is 31.9 Å². The van der Waals surface area contributed by atoms with Gasteiger partial charge in [0.25, 0.3) is 0 Å². The second kappa shape index (κ2) is 17.7. The van der Waals surface area contributed by atoms with E-state index in [-0.39, 0.29) is 0 Å². The molecule has 1 atom stereocenters. The summed E-state index contributed by atoms with van der Waals surface area (Å²) in [5, 5.41) is 0. The van der Waals surface area contributed by atoms with E-state index in [0.29, 0.717) is 12.0 Å². The molecule has 168 valence electrons. The first-order valence-electron chi connectivity index (χ1n) is 11.4. The molecule has 3 nitrogen and oxygen atoms in total. The highest BCUT2D eigenvalue weighted by Gasteiger charge is 2.24. The van der Waals surface area contributed by atoms with Crippen molar-refractivity contribution in [1.82, 2.24) is 9.80 Å². The lowest BCUT2D eigenvalue weighted by molar-refractivity contribution is 0.167. The predicted octanol–water partition coefficient (Wildman–Crippen LogP) is 6.80. The van der Waals surface area contributed by atoms with E-state index in [9.17, 15) is 0 Å². The van der Waals surface area contributed by atoms with Crippen LogP contribution in [0.3, 0.4) is 0 Å². The number of aliphatic imine (C=N–C) groups is 1. The molecule has 0 radical (unpaired) electrons. The van der Waals surface area contributed by atoms with Crippen molar-refractivity contribution in [3.63, 3.8) is 0 Å². The third-order valence-electron chi connectivity index (χ3n) is 4.95. The molecule has 1 aliphatic heterocycles. The quantitative estimate of drug-likeness (QED) is 0.211. The molecular weight excluding hydrogens is 366 g/mol. The maximum atomic E-state index is 4.24. The van der Waals surface area contributed by atoms with Crippen LogP contribution >= 0.6 is 0 Å². The minimum absolute atomic E-state index is 0.469. The Morgan fingerprint density at radius 3 is 2.30 bits per heavy atom. The second-order valence-electron chi connectivity index (χ2n) is 7.59. The molecule has 1 saturated heterocycles. The summed E-state index contributed by atoms with van der Waals surface area (Å²) in [6, 6.07) is 0.469. The number of hydrogen-bond acceptors (Lipinski definition) is 2. The van der Waals surface area contributed by atoms with Crippen LogP contribution in [0.25, 0.3) is 0 Å². The fraction of sp³-hybridized carbons (Fsp3) is 0.519. The summed E-state index contributed by atoms with van der Waals surface area (Å²) in [6.07, 6.45) is 22.2. The van der Waals surface area contributed by atoms with Gasteiger partial charge in [0.2, 0.25) is 0 Å². The number of hydrogen-bond donors (Lipinski definition) is 0. The Morgan fingerprint density at radius 2 is 1.73 bits per heavy atom. The maximum Gasteiger partial charge on any atom is 0.0893 e. The molecule has 0 bridgehead atoms. The molecule has 0 aromatic rings. The molecule has 0 N–H and O–H groups in total. The normalized spacial score (nSPS) is 17.3. The van der Waals surface area contributed by atoms with Crippen molar-refractivity contribution >= 4 is 6.34 Å². The molecule has 1 fully saturated rings. The average molecular weight is 412 g/mol. The molecule has 0 aliphatic carbocycles. The van der Waals surface area contributed by atoms with Crippen LogP contribution in [0.4, 0.5) is 0 Å². The van der Waals surface area contributed by atoms with Crippen LogP contribution in [-0.2, 0) is 0 Å². The fourth-order valence-electron chi connectivity index (χ4n) is 3.25. The Labute approximate surface area is 187 Å². The lowest BCUT2D eigenvalue weighted by atomic mass is 10.0. The first-order chi connectivity index (χ1) is 14.5. The van der Waals surface area contributed by atoms with E-state index >= 15 is 0 Å². The van der Waals surface area contributed by atoms with Gasteiger partial charge in [0.05, 0.1) is 6.34 Å². The first-order valence-corrected chi connectivity index (χ1v) is 11.4. The van der Waals surface area contributed by atoms with E-state index in [2.05, 4.69) is 65.3 Å². The topological polar surface area (TPSA) is 18.8 Å². The molecule has 0 aromatic carbocycles. The molecule has 0 spiro atoms. The highest BCUT2D eigenvalue weighted by molar-refractivity contribution is 5.59. The summed E-state index contributed by atoms with van der Waals surface area (Å²) < 4.78 is 0. The van der Waals surface area contributed by atoms with Gasteiger partial charge in [-0.2, -0.15) is 0 Å². The van der Waals surface area contributed by atoms with E-state index in [1.54, 1.807) is 0 Å². The lowest BCUT2D eigenvalue weighted by Crippen LogP contribution is -2.44. The summed E-state index contributed by atoms with van der Waals surface area (Å²) in [4.78, 5) is 9.05. The van der Waals surface area contributed by atoms with Gasteiger partial charge in [0.1, 0.15) is 0 Å². The number of allylic oxidation sites excluding steroid dienone is 9. The second-order valence-corrected chi connectivity index (χ2v) is 7.59. The maximum absolute atomic E-state index is 4.24. The Hall–Kier alpha value is -2.13. The van der Waals surface area contributed by atoms with E-state index in [4.69, 9.17) is 0 Å². The molecular formula is C27H45N3. The third kappa shape index (κ3) is 12.4. The van der Waals surface area contributed by atoms with Crippen molar-refractivity contribution in [1.29, 1.82) is 0 Å². The smallest absolute Gasteiger partial charge is 0.0893 e. The number of piperidine rings is 1. The van der Waals surface area contributed by atoms with Crippen LogP contribution in [-0.4, -0.2) is 48.9 Å². The molecule has 1 rings (SSSR count). The van der Waals surface area contributed by atoms with Crippen molar-refractivity contribution < 1.29 is 0 Å². The summed E-state index contributed by atoms with van der Waals surface area (Å²) in [5.41, 5.74) is 2.02. The summed E-state index contributed by atoms with van der Waals surface area (Å²) in [5.74, 6) is 0.601. The number of rotatable bonds is 11. The van der Waals surface area contributed by atoms with Crippen LogP contribution in [0, 0.1) is 5.92 Å². The van der Waals surface area contributed by atoms with Gasteiger partial charge in [-0.3, -0.25) is 4.99 Å². The van der Waals surface area contributed by atoms with Crippen LogP contribution in [0.2, 0.25) is 0 Å². The van der Waals surface area contributed by atoms with E-state index in [0.717, 1.165) is 43.7 Å². The molecule has 1 heterocycles. The molecule has 0 aromatic heterocycles. The molecule has 0 saturated carbocycles. The van der Waals surface area contributed by atoms with Crippen LogP contribution < -0.4 is 0 Å². The van der Waals surface area contributed by atoms with E-state index in [1.165, 1.54) is 6.42 Å². The zero-order valence-electron chi connectivity index (χ0n) is 20.3. The Bertz CT molecular complexity index is 614. The van der Waals surface area contributed by atoms with Crippen molar-refractivity contribution in [2.45, 2.75) is 59.9 Å². The van der Waals surface area contributed by atoms with Gasteiger partial charge in [0.15, 0.2) is 0 Å². The van der Waals surface area contributed by atoms with Crippen LogP contribution in [0.1, 0.15) is 53.9 Å². The van der Waals surface area contributed by atoms with Crippen molar-refractivity contribution in [3.8, 4) is 0 Å². The monoisotopic (exact) mass is 411 g/mol. The summed E-state index contributed by atoms with van der Waals surface area (Å²) in [7, 11) is 1.82. The fourth-order valence-corrected chi connectivity index (χ4v) is 3.25. The molecule has 1 unspecified atom stereocenters. The highest BCUT2D eigenvalue weighted by atomic mass is 15.2. The van der Waals surface area contributed by atoms with Gasteiger partial charge in [-0.05, 0) is 51.6 Å². The number of likely N-dealkylation sites (tertiary alicyclic amines) is 1. The zero-order chi connectivity index (χ0) is 22.8. The minimum Gasteiger partial charge on any atom is -0.330 e. The third-order valence-corrected chi connectivity index (χ3v) is 4.95. The average Bonchev–Trinajstić information content (AvgIpc) is 2.76. The molecule has 3 heteroatoms. The van der Waals surface area contributed by atoms with Gasteiger partial charge in [-0.25, -0.2) is 0 Å². The standard InChI is InChI=1S/C25H39N3.C2H6/c1-7-8-9-10-11-12-23(4)15-18-27-19-16-25(17-20-27)28(21-26-6)24(5)14-13-22(2)3;1-2/h7-14,21,23,25H,2,5,15-20H2,1,3-4,6H3;1-2H3/b8-7-,10-9-,12-11+,14-13-,26-21?;. The zero-order valence-corrected chi connectivity index (χ0v) is 20.3. The number of nitrogens with zero attached hydrogens (tertiary/aromatic N) is 3. The lowest BCUT2D eigenvalue weighted by Gasteiger charge is -2.38. The van der Waals surface area contributed by atoms with Crippen molar-refractivity contribution in [2.75, 3.05) is 26.7 Å². The predicted molar refractivity (Wildman–Crippen MR) is 137 cm³/mol. The van der Waals surface area contributed by atoms with Gasteiger partial charge in [-0.15, -0.1) is 0 Å². The molecule has 0 amide bonds. The highest BCUT2D eigenvalue weighted by Crippen LogP contribution is 2.20. The van der Waals surface area contributed by atoms with E-state index in [1.807, 2.05) is 59.3 Å². The first kappa shape index (κ1) is 27.9. The summed E-state index contributed by atoms with van der Waals surface area (Å²) in [6.45, 7) is 21.9. The Kier molecular flexibility index (Phi) is 16.4. The van der Waals surface area contributed by atoms with E-state index < -0.39 is 0 Å². The van der Waals surface area contributed by atoms with Crippen molar-refractivity contribution in [2.24, 2.45) is 10.9 Å². The minimum atomic E-state index is 0.469. The molecule has 30 heavy (non-hydrogen) atoms. The van der Waals surface area contributed by atoms with Gasteiger partial charge < -0.3 is 9.80 Å². The van der Waals surface area contributed by atoms with Crippen LogP contribution in [0.15, 0.2) is 78.0 Å². The Morgan fingerprint density at radius 1 is 1.10 bits per heavy atom.